The Bertz CT molecular complexity index is 466. The van der Waals surface area contributed by atoms with Gasteiger partial charge in [0.2, 0.25) is 0 Å². The van der Waals surface area contributed by atoms with Crippen molar-refractivity contribution in [1.29, 1.82) is 0 Å². The minimum atomic E-state index is -4.38. The quantitative estimate of drug-likeness (QED) is 0.664. The van der Waals surface area contributed by atoms with E-state index in [0.717, 1.165) is 23.3 Å². The fourth-order valence-corrected chi connectivity index (χ4v) is 2.58. The van der Waals surface area contributed by atoms with Gasteiger partial charge in [0.05, 0.1) is 6.54 Å². The van der Waals surface area contributed by atoms with Gasteiger partial charge in [0.15, 0.2) is 11.7 Å². The van der Waals surface area contributed by atoms with Crippen molar-refractivity contribution >= 4 is 17.3 Å². The number of hydrogen-bond donors (Lipinski definition) is 2. The highest BCUT2D eigenvalue weighted by Gasteiger charge is 2.33. The molecule has 1 aliphatic rings. The van der Waals surface area contributed by atoms with Crippen LogP contribution in [-0.4, -0.2) is 24.5 Å². The SMILES string of the molecule is CN=C(NCc1nc(C(F)(F)F)cs1)NCC1CCC1. The molecular weight excluding hydrogens is 289 g/mol. The Balaban J connectivity index is 1.79. The molecule has 1 heterocycles. The van der Waals surface area contributed by atoms with Crippen LogP contribution in [0.25, 0.3) is 0 Å². The summed E-state index contributed by atoms with van der Waals surface area (Å²) >= 11 is 0.993. The van der Waals surface area contributed by atoms with E-state index in [1.165, 1.54) is 19.3 Å². The lowest BCUT2D eigenvalue weighted by Gasteiger charge is -2.26. The van der Waals surface area contributed by atoms with Gasteiger partial charge in [-0.05, 0) is 18.8 Å². The summed E-state index contributed by atoms with van der Waals surface area (Å²) in [5.74, 6) is 1.28. The molecule has 0 aliphatic heterocycles. The second-order valence-electron chi connectivity index (χ2n) is 4.73. The minimum absolute atomic E-state index is 0.241. The van der Waals surface area contributed by atoms with Gasteiger partial charge in [-0.2, -0.15) is 13.2 Å². The summed E-state index contributed by atoms with van der Waals surface area (Å²) in [4.78, 5) is 7.60. The first-order chi connectivity index (χ1) is 9.49. The van der Waals surface area contributed by atoms with E-state index in [9.17, 15) is 13.2 Å². The van der Waals surface area contributed by atoms with Gasteiger partial charge < -0.3 is 10.6 Å². The van der Waals surface area contributed by atoms with Crippen LogP contribution < -0.4 is 10.6 Å². The molecule has 0 saturated heterocycles. The van der Waals surface area contributed by atoms with Crippen molar-refractivity contribution in [1.82, 2.24) is 15.6 Å². The van der Waals surface area contributed by atoms with Gasteiger partial charge in [0, 0.05) is 19.0 Å². The number of aliphatic imine (C=N–C) groups is 1. The Labute approximate surface area is 119 Å². The number of alkyl halides is 3. The van der Waals surface area contributed by atoms with E-state index in [0.29, 0.717) is 16.9 Å². The van der Waals surface area contributed by atoms with Crippen LogP contribution in [0.3, 0.4) is 0 Å². The molecule has 2 N–H and O–H groups in total. The van der Waals surface area contributed by atoms with E-state index in [1.807, 2.05) is 0 Å². The molecule has 4 nitrogen and oxygen atoms in total. The van der Waals surface area contributed by atoms with Gasteiger partial charge in [0.25, 0.3) is 0 Å². The summed E-state index contributed by atoms with van der Waals surface area (Å²) in [6, 6.07) is 0. The number of aromatic nitrogens is 1. The molecule has 0 atom stereocenters. The number of thiazole rings is 1. The van der Waals surface area contributed by atoms with Crippen LogP contribution in [0.4, 0.5) is 13.2 Å². The minimum Gasteiger partial charge on any atom is -0.356 e. The summed E-state index contributed by atoms with van der Waals surface area (Å²) in [6.07, 6.45) is -0.645. The molecule has 0 radical (unpaired) electrons. The maximum Gasteiger partial charge on any atom is 0.434 e. The van der Waals surface area contributed by atoms with Gasteiger partial charge >= 0.3 is 6.18 Å². The summed E-state index contributed by atoms with van der Waals surface area (Å²) in [5, 5.41) is 7.57. The summed E-state index contributed by atoms with van der Waals surface area (Å²) in [6.45, 7) is 1.09. The average molecular weight is 306 g/mol. The molecule has 1 aromatic heterocycles. The average Bonchev–Trinajstić information content (AvgIpc) is 2.79. The Morgan fingerprint density at radius 1 is 1.45 bits per heavy atom. The Morgan fingerprint density at radius 2 is 2.20 bits per heavy atom. The number of guanidine groups is 1. The van der Waals surface area contributed by atoms with Crippen LogP contribution in [0, 0.1) is 5.92 Å². The highest BCUT2D eigenvalue weighted by Crippen LogP contribution is 2.29. The van der Waals surface area contributed by atoms with E-state index in [4.69, 9.17) is 0 Å². The van der Waals surface area contributed by atoms with Gasteiger partial charge in [-0.1, -0.05) is 6.42 Å². The van der Waals surface area contributed by atoms with Crippen molar-refractivity contribution in [2.24, 2.45) is 10.9 Å². The third kappa shape index (κ3) is 4.09. The van der Waals surface area contributed by atoms with Crippen molar-refractivity contribution in [3.8, 4) is 0 Å². The zero-order valence-corrected chi connectivity index (χ0v) is 11.9. The monoisotopic (exact) mass is 306 g/mol. The van der Waals surface area contributed by atoms with Crippen molar-refractivity contribution in [2.45, 2.75) is 32.0 Å². The lowest BCUT2D eigenvalue weighted by molar-refractivity contribution is -0.140. The molecule has 1 aliphatic carbocycles. The van der Waals surface area contributed by atoms with E-state index in [1.54, 1.807) is 7.05 Å². The lowest BCUT2D eigenvalue weighted by Crippen LogP contribution is -2.40. The smallest absolute Gasteiger partial charge is 0.356 e. The normalized spacial score (nSPS) is 16.9. The third-order valence-electron chi connectivity index (χ3n) is 3.26. The molecule has 0 aromatic carbocycles. The maximum absolute atomic E-state index is 12.4. The fraction of sp³-hybridized carbons (Fsp3) is 0.667. The number of rotatable bonds is 4. The standard InChI is InChI=1S/C12H17F3N4S/c1-16-11(17-5-8-3-2-4-8)18-6-10-19-9(7-20-10)12(13,14)15/h7-8H,2-6H2,1H3,(H2,16,17,18). The molecule has 0 amide bonds. The molecule has 1 saturated carbocycles. The second kappa shape index (κ2) is 6.43. The third-order valence-corrected chi connectivity index (χ3v) is 4.10. The van der Waals surface area contributed by atoms with Crippen LogP contribution in [-0.2, 0) is 12.7 Å². The molecule has 112 valence electrons. The van der Waals surface area contributed by atoms with Crippen LogP contribution >= 0.6 is 11.3 Å². The maximum atomic E-state index is 12.4. The van der Waals surface area contributed by atoms with E-state index in [-0.39, 0.29) is 6.54 Å². The highest BCUT2D eigenvalue weighted by molar-refractivity contribution is 7.09. The van der Waals surface area contributed by atoms with E-state index in [2.05, 4.69) is 20.6 Å². The van der Waals surface area contributed by atoms with Crippen molar-refractivity contribution in [2.75, 3.05) is 13.6 Å². The lowest BCUT2D eigenvalue weighted by atomic mass is 9.85. The number of hydrogen-bond acceptors (Lipinski definition) is 3. The van der Waals surface area contributed by atoms with E-state index >= 15 is 0 Å². The highest BCUT2D eigenvalue weighted by atomic mass is 32.1. The first-order valence-electron chi connectivity index (χ1n) is 6.45. The van der Waals surface area contributed by atoms with Gasteiger partial charge in [-0.25, -0.2) is 4.98 Å². The molecule has 1 aromatic rings. The van der Waals surface area contributed by atoms with Gasteiger partial charge in [-0.3, -0.25) is 4.99 Å². The van der Waals surface area contributed by atoms with Crippen LogP contribution in [0.1, 0.15) is 30.0 Å². The zero-order chi connectivity index (χ0) is 14.6. The predicted molar refractivity (Wildman–Crippen MR) is 72.7 cm³/mol. The second-order valence-corrected chi connectivity index (χ2v) is 5.67. The van der Waals surface area contributed by atoms with Crippen LogP contribution in [0.5, 0.6) is 0 Å². The van der Waals surface area contributed by atoms with Gasteiger partial charge in [0.1, 0.15) is 5.01 Å². The molecule has 0 unspecified atom stereocenters. The fourth-order valence-electron chi connectivity index (χ4n) is 1.84. The Kier molecular flexibility index (Phi) is 4.85. The number of halogens is 3. The van der Waals surface area contributed by atoms with Crippen LogP contribution in [0.2, 0.25) is 0 Å². The largest absolute Gasteiger partial charge is 0.434 e. The topological polar surface area (TPSA) is 49.3 Å². The Morgan fingerprint density at radius 3 is 2.70 bits per heavy atom. The van der Waals surface area contributed by atoms with E-state index < -0.39 is 11.9 Å². The molecular formula is C12H17F3N4S. The molecule has 20 heavy (non-hydrogen) atoms. The first kappa shape index (κ1) is 15.1. The molecule has 0 bridgehead atoms. The predicted octanol–water partition coefficient (Wildman–Crippen LogP) is 2.63. The zero-order valence-electron chi connectivity index (χ0n) is 11.1. The number of nitrogens with one attached hydrogen (secondary N) is 2. The summed E-state index contributed by atoms with van der Waals surface area (Å²) in [5.41, 5.74) is -0.836. The van der Waals surface area contributed by atoms with Crippen LogP contribution in [0.15, 0.2) is 10.4 Å². The molecule has 1 fully saturated rings. The summed E-state index contributed by atoms with van der Waals surface area (Å²) in [7, 11) is 1.64. The molecule has 0 spiro atoms. The van der Waals surface area contributed by atoms with Crippen molar-refractivity contribution < 1.29 is 13.2 Å². The van der Waals surface area contributed by atoms with Gasteiger partial charge in [-0.15, -0.1) is 11.3 Å². The first-order valence-corrected chi connectivity index (χ1v) is 7.33. The molecule has 2 rings (SSSR count). The molecule has 8 heteroatoms. The Hall–Kier alpha value is -1.31. The summed E-state index contributed by atoms with van der Waals surface area (Å²) < 4.78 is 37.2. The van der Waals surface area contributed by atoms with Crippen molar-refractivity contribution in [3.63, 3.8) is 0 Å². The van der Waals surface area contributed by atoms with Crippen molar-refractivity contribution in [3.05, 3.63) is 16.1 Å². The number of nitrogens with zero attached hydrogens (tertiary/aromatic N) is 2.